The summed E-state index contributed by atoms with van der Waals surface area (Å²) in [6.45, 7) is 3.22. The highest BCUT2D eigenvalue weighted by Crippen LogP contribution is 2.39. The molecular formula is C22H31N3O3. The van der Waals surface area contributed by atoms with Crippen LogP contribution in [-0.2, 0) is 11.3 Å². The molecule has 0 aromatic heterocycles. The van der Waals surface area contributed by atoms with Gasteiger partial charge in [-0.1, -0.05) is 12.1 Å². The van der Waals surface area contributed by atoms with Crippen LogP contribution in [0.2, 0.25) is 0 Å². The number of aliphatic hydroxyl groups excluding tert-OH is 1. The molecule has 2 aliphatic heterocycles. The maximum Gasteiger partial charge on any atom is 0.251 e. The predicted molar refractivity (Wildman–Crippen MR) is 107 cm³/mol. The lowest BCUT2D eigenvalue weighted by atomic mass is 9.68. The van der Waals surface area contributed by atoms with E-state index in [-0.39, 0.29) is 23.4 Å². The zero-order valence-corrected chi connectivity index (χ0v) is 16.5. The molecule has 1 saturated carbocycles. The van der Waals surface area contributed by atoms with E-state index >= 15 is 0 Å². The van der Waals surface area contributed by atoms with E-state index in [0.29, 0.717) is 24.5 Å². The molecule has 2 amide bonds. The molecule has 3 N–H and O–H groups in total. The van der Waals surface area contributed by atoms with Crippen molar-refractivity contribution in [2.45, 2.75) is 63.1 Å². The third-order valence-electron chi connectivity index (χ3n) is 6.85. The van der Waals surface area contributed by atoms with Crippen LogP contribution in [0.3, 0.4) is 0 Å². The summed E-state index contributed by atoms with van der Waals surface area (Å²) in [5, 5.41) is 15.6. The molecule has 4 rings (SSSR count). The largest absolute Gasteiger partial charge is 0.396 e. The summed E-state index contributed by atoms with van der Waals surface area (Å²) < 4.78 is 0. The van der Waals surface area contributed by atoms with Crippen molar-refractivity contribution >= 4 is 11.8 Å². The molecule has 0 radical (unpaired) electrons. The van der Waals surface area contributed by atoms with Crippen LogP contribution in [-0.4, -0.2) is 53.1 Å². The second-order valence-corrected chi connectivity index (χ2v) is 8.72. The highest BCUT2D eigenvalue weighted by Gasteiger charge is 2.48. The molecule has 2 saturated heterocycles. The van der Waals surface area contributed by atoms with E-state index in [2.05, 4.69) is 15.5 Å². The van der Waals surface area contributed by atoms with Gasteiger partial charge in [-0.15, -0.1) is 0 Å². The number of carbonyl (C=O) groups excluding carboxylic acids is 2. The van der Waals surface area contributed by atoms with Gasteiger partial charge >= 0.3 is 0 Å². The van der Waals surface area contributed by atoms with Gasteiger partial charge < -0.3 is 15.7 Å². The molecule has 1 aliphatic carbocycles. The molecule has 1 atom stereocenters. The minimum Gasteiger partial charge on any atom is -0.396 e. The molecule has 6 nitrogen and oxygen atoms in total. The van der Waals surface area contributed by atoms with Gasteiger partial charge in [0, 0.05) is 25.1 Å². The summed E-state index contributed by atoms with van der Waals surface area (Å²) in [6.07, 6.45) is 6.33. The number of aliphatic hydroxyl groups is 1. The van der Waals surface area contributed by atoms with Crippen molar-refractivity contribution in [2.24, 2.45) is 5.92 Å². The molecule has 3 fully saturated rings. The van der Waals surface area contributed by atoms with Crippen molar-refractivity contribution in [1.82, 2.24) is 15.5 Å². The van der Waals surface area contributed by atoms with Crippen molar-refractivity contribution in [3.05, 3.63) is 35.4 Å². The lowest BCUT2D eigenvalue weighted by Gasteiger charge is -2.50. The molecule has 1 spiro atoms. The van der Waals surface area contributed by atoms with Crippen LogP contribution >= 0.6 is 0 Å². The van der Waals surface area contributed by atoms with Gasteiger partial charge in [0.15, 0.2) is 0 Å². The van der Waals surface area contributed by atoms with Crippen LogP contribution < -0.4 is 10.6 Å². The number of amides is 2. The van der Waals surface area contributed by atoms with Gasteiger partial charge in [0.25, 0.3) is 5.91 Å². The minimum absolute atomic E-state index is 0.0268. The molecule has 6 heteroatoms. The first-order valence-electron chi connectivity index (χ1n) is 10.6. The number of likely N-dealkylation sites (tertiary alicyclic amines) is 1. The third-order valence-corrected chi connectivity index (χ3v) is 6.85. The molecule has 152 valence electrons. The van der Waals surface area contributed by atoms with E-state index in [4.69, 9.17) is 0 Å². The number of carbonyl (C=O) groups is 2. The molecule has 3 aliphatic rings. The molecule has 2 heterocycles. The van der Waals surface area contributed by atoms with Crippen molar-refractivity contribution in [2.75, 3.05) is 19.7 Å². The van der Waals surface area contributed by atoms with Crippen LogP contribution in [0.15, 0.2) is 24.3 Å². The van der Waals surface area contributed by atoms with Gasteiger partial charge in [-0.3, -0.25) is 14.5 Å². The zero-order chi connectivity index (χ0) is 19.6. The Morgan fingerprint density at radius 3 is 2.50 bits per heavy atom. The summed E-state index contributed by atoms with van der Waals surface area (Å²) in [7, 11) is 0. The maximum atomic E-state index is 12.7. The third kappa shape index (κ3) is 4.08. The van der Waals surface area contributed by atoms with Crippen LogP contribution in [0.1, 0.15) is 60.9 Å². The van der Waals surface area contributed by atoms with Crippen LogP contribution in [0.25, 0.3) is 0 Å². The Bertz CT molecular complexity index is 706. The molecule has 1 aromatic rings. The minimum atomic E-state index is -0.217. The highest BCUT2D eigenvalue weighted by atomic mass is 16.3. The zero-order valence-electron chi connectivity index (χ0n) is 16.5. The SMILES string of the molecule is O=C1CCC(NC(=O)c2ccc(CN3CCC(CO)CC3)cc2)C2(CCC2)N1. The molecule has 28 heavy (non-hydrogen) atoms. The predicted octanol–water partition coefficient (Wildman–Crippen LogP) is 1.82. The Hall–Kier alpha value is -1.92. The first kappa shape index (κ1) is 19.4. The Kier molecular flexibility index (Phi) is 5.69. The van der Waals surface area contributed by atoms with E-state index in [1.54, 1.807) is 0 Å². The van der Waals surface area contributed by atoms with Crippen molar-refractivity contribution < 1.29 is 14.7 Å². The molecule has 1 aromatic carbocycles. The van der Waals surface area contributed by atoms with Gasteiger partial charge in [0.1, 0.15) is 0 Å². The first-order valence-corrected chi connectivity index (χ1v) is 10.6. The summed E-state index contributed by atoms with van der Waals surface area (Å²) in [4.78, 5) is 26.9. The van der Waals surface area contributed by atoms with Crippen LogP contribution in [0, 0.1) is 5.92 Å². The van der Waals surface area contributed by atoms with Gasteiger partial charge in [0.05, 0.1) is 11.6 Å². The fourth-order valence-electron chi connectivity index (χ4n) is 4.81. The fourth-order valence-corrected chi connectivity index (χ4v) is 4.81. The quantitative estimate of drug-likeness (QED) is 0.722. The normalized spacial score (nSPS) is 25.2. The summed E-state index contributed by atoms with van der Waals surface area (Å²) in [6, 6.07) is 7.91. The van der Waals surface area contributed by atoms with E-state index in [1.807, 2.05) is 24.3 Å². The van der Waals surface area contributed by atoms with E-state index in [1.165, 1.54) is 5.56 Å². The van der Waals surface area contributed by atoms with Gasteiger partial charge in [-0.2, -0.15) is 0 Å². The number of hydrogen-bond acceptors (Lipinski definition) is 4. The molecular weight excluding hydrogens is 354 g/mol. The number of piperidine rings is 2. The summed E-state index contributed by atoms with van der Waals surface area (Å²) in [5.41, 5.74) is 1.67. The van der Waals surface area contributed by atoms with E-state index < -0.39 is 0 Å². The standard InChI is InChI=1S/C22H31N3O3/c26-15-17-8-12-25(13-9-17)14-16-2-4-18(5-3-16)21(28)23-19-6-7-20(27)24-22(19)10-1-11-22/h2-5,17,19,26H,1,6-15H2,(H,23,28)(H,24,27). The maximum absolute atomic E-state index is 12.7. The second-order valence-electron chi connectivity index (χ2n) is 8.72. The Morgan fingerprint density at radius 2 is 1.89 bits per heavy atom. The summed E-state index contributed by atoms with van der Waals surface area (Å²) in [5.74, 6) is 0.506. The van der Waals surface area contributed by atoms with E-state index in [9.17, 15) is 14.7 Å². The number of benzene rings is 1. The number of nitrogens with zero attached hydrogens (tertiary/aromatic N) is 1. The van der Waals surface area contributed by atoms with E-state index in [0.717, 1.165) is 58.2 Å². The van der Waals surface area contributed by atoms with Gasteiger partial charge in [-0.25, -0.2) is 0 Å². The summed E-state index contributed by atoms with van der Waals surface area (Å²) >= 11 is 0. The average molecular weight is 386 g/mol. The first-order chi connectivity index (χ1) is 13.6. The Labute approximate surface area is 166 Å². The second kappa shape index (κ2) is 8.21. The van der Waals surface area contributed by atoms with Gasteiger partial charge in [-0.05, 0) is 75.2 Å². The molecule has 0 bridgehead atoms. The fraction of sp³-hybridized carbons (Fsp3) is 0.636. The number of hydrogen-bond donors (Lipinski definition) is 3. The van der Waals surface area contributed by atoms with Crippen molar-refractivity contribution in [1.29, 1.82) is 0 Å². The number of nitrogens with one attached hydrogen (secondary N) is 2. The number of rotatable bonds is 5. The molecule has 1 unspecified atom stereocenters. The average Bonchev–Trinajstić information content (AvgIpc) is 2.69. The van der Waals surface area contributed by atoms with Crippen molar-refractivity contribution in [3.63, 3.8) is 0 Å². The topological polar surface area (TPSA) is 81.7 Å². The van der Waals surface area contributed by atoms with Crippen LogP contribution in [0.5, 0.6) is 0 Å². The Balaban J connectivity index is 1.32. The van der Waals surface area contributed by atoms with Crippen LogP contribution in [0.4, 0.5) is 0 Å². The lowest BCUT2D eigenvalue weighted by molar-refractivity contribution is -0.127. The highest BCUT2D eigenvalue weighted by molar-refractivity contribution is 5.94. The van der Waals surface area contributed by atoms with Gasteiger partial charge in [0.2, 0.25) is 5.91 Å². The lowest BCUT2D eigenvalue weighted by Crippen LogP contribution is -2.68. The monoisotopic (exact) mass is 385 g/mol. The Morgan fingerprint density at radius 1 is 1.18 bits per heavy atom. The van der Waals surface area contributed by atoms with Crippen molar-refractivity contribution in [3.8, 4) is 0 Å². The smallest absolute Gasteiger partial charge is 0.251 e.